The van der Waals surface area contributed by atoms with E-state index in [1.807, 2.05) is 77.7 Å². The third-order valence-electron chi connectivity index (χ3n) is 6.85. The molecule has 0 radical (unpaired) electrons. The highest BCUT2D eigenvalue weighted by Gasteiger charge is 2.40. The number of carbonyl (C=O) groups is 1. The lowest BCUT2D eigenvalue weighted by Gasteiger charge is -2.46. The van der Waals surface area contributed by atoms with Crippen molar-refractivity contribution < 1.29 is 9.22 Å². The molecule has 1 atom stereocenters. The summed E-state index contributed by atoms with van der Waals surface area (Å²) in [5, 5.41) is 13.3. The second-order valence-electron chi connectivity index (χ2n) is 11.8. The smallest absolute Gasteiger partial charge is 0.237 e. The second-order valence-corrected chi connectivity index (χ2v) is 14.5. The zero-order valence-electron chi connectivity index (χ0n) is 23.6. The molecule has 1 N–H and O–H groups in total. The molecule has 0 saturated carbocycles. The van der Waals surface area contributed by atoms with E-state index in [9.17, 15) is 10.1 Å². The van der Waals surface area contributed by atoms with Gasteiger partial charge in [-0.1, -0.05) is 87.5 Å². The van der Waals surface area contributed by atoms with Crippen molar-refractivity contribution in [3.63, 3.8) is 0 Å². The molecule has 3 aromatic carbocycles. The van der Waals surface area contributed by atoms with Gasteiger partial charge in [-0.25, -0.2) is 4.99 Å². The van der Waals surface area contributed by atoms with Gasteiger partial charge in [0.2, 0.25) is 5.91 Å². The van der Waals surface area contributed by atoms with Gasteiger partial charge in [0, 0.05) is 24.2 Å². The van der Waals surface area contributed by atoms with E-state index in [0.717, 1.165) is 22.4 Å². The molecule has 202 valence electrons. The van der Waals surface area contributed by atoms with Gasteiger partial charge in [-0.05, 0) is 36.6 Å². The Morgan fingerprint density at radius 1 is 1.03 bits per heavy atom. The molecule has 1 saturated heterocycles. The first-order chi connectivity index (χ1) is 18.6. The Kier molecular flexibility index (Phi) is 8.81. The summed E-state index contributed by atoms with van der Waals surface area (Å²) in [7, 11) is -0.808. The summed E-state index contributed by atoms with van der Waals surface area (Å²) in [6, 6.07) is 27.8. The summed E-state index contributed by atoms with van der Waals surface area (Å²) in [5.41, 5.74) is 4.26. The van der Waals surface area contributed by atoms with Crippen molar-refractivity contribution in [3.8, 4) is 6.07 Å². The third kappa shape index (κ3) is 7.30. The van der Waals surface area contributed by atoms with Crippen LogP contribution in [0, 0.1) is 11.3 Å². The highest BCUT2D eigenvalue weighted by molar-refractivity contribution is 6.31. The summed E-state index contributed by atoms with van der Waals surface area (Å²) in [5.74, 6) is 0.0454. The molecule has 6 nitrogen and oxygen atoms in total. The van der Waals surface area contributed by atoms with Crippen LogP contribution in [0.2, 0.25) is 5.04 Å². The molecular formula is C32H38N4O2Si. The maximum atomic E-state index is 13.2. The number of nitrogens with zero attached hydrogens (tertiary/aromatic N) is 3. The molecule has 0 aromatic heterocycles. The molecule has 3 aromatic rings. The number of nitriles is 1. The van der Waals surface area contributed by atoms with Crippen LogP contribution in [0.3, 0.4) is 0 Å². The van der Waals surface area contributed by atoms with Crippen molar-refractivity contribution in [2.45, 2.75) is 57.8 Å². The van der Waals surface area contributed by atoms with Crippen molar-refractivity contribution in [2.24, 2.45) is 4.99 Å². The SMILES string of the molecule is CC(C)(C)[SiH2]OC(C)(C)[C@H]1CNCC(=O)N1Cc1ccc(C#N)c(N=C(c2ccccc2)c2ccccc2)c1. The Morgan fingerprint density at radius 3 is 2.21 bits per heavy atom. The Labute approximate surface area is 234 Å². The van der Waals surface area contributed by atoms with Gasteiger partial charge in [0.05, 0.1) is 35.2 Å². The van der Waals surface area contributed by atoms with Crippen LogP contribution in [-0.4, -0.2) is 51.0 Å². The highest BCUT2D eigenvalue weighted by Crippen LogP contribution is 2.30. The molecule has 0 spiro atoms. The van der Waals surface area contributed by atoms with Crippen molar-refractivity contribution in [3.05, 3.63) is 101 Å². The first-order valence-corrected chi connectivity index (χ1v) is 14.7. The van der Waals surface area contributed by atoms with Gasteiger partial charge >= 0.3 is 0 Å². The Balaban J connectivity index is 1.70. The van der Waals surface area contributed by atoms with E-state index >= 15 is 0 Å². The van der Waals surface area contributed by atoms with E-state index in [4.69, 9.17) is 9.42 Å². The zero-order chi connectivity index (χ0) is 28.0. The van der Waals surface area contributed by atoms with Crippen molar-refractivity contribution in [1.29, 1.82) is 5.26 Å². The van der Waals surface area contributed by atoms with Crippen LogP contribution in [-0.2, 0) is 15.8 Å². The normalized spacial score (nSPS) is 16.4. The summed E-state index contributed by atoms with van der Waals surface area (Å²) in [6.07, 6.45) is 0. The molecule has 4 rings (SSSR count). The fourth-order valence-electron chi connectivity index (χ4n) is 4.69. The molecule has 1 heterocycles. The van der Waals surface area contributed by atoms with Crippen molar-refractivity contribution >= 4 is 27.1 Å². The van der Waals surface area contributed by atoms with Crippen LogP contribution in [0.1, 0.15) is 56.9 Å². The van der Waals surface area contributed by atoms with Crippen molar-refractivity contribution in [2.75, 3.05) is 13.1 Å². The van der Waals surface area contributed by atoms with E-state index in [2.05, 4.69) is 46.0 Å². The summed E-state index contributed by atoms with van der Waals surface area (Å²) >= 11 is 0. The van der Waals surface area contributed by atoms with E-state index in [-0.39, 0.29) is 17.0 Å². The summed E-state index contributed by atoms with van der Waals surface area (Å²) < 4.78 is 6.50. The molecule has 1 aliphatic rings. The van der Waals surface area contributed by atoms with Gasteiger partial charge in [0.1, 0.15) is 6.07 Å². The second kappa shape index (κ2) is 12.1. The van der Waals surface area contributed by atoms with Gasteiger partial charge in [0.25, 0.3) is 0 Å². The standard InChI is InChI=1S/C32H38N4O2Si/c1-31(2,3)39-38-32(4,5)28-20-34-21-29(37)36(28)22-23-16-17-26(19-33)27(18-23)35-30(24-12-8-6-9-13-24)25-14-10-7-11-15-25/h6-18,28,34H,20-22,39H2,1-5H3/t28-/m1/s1. The lowest BCUT2D eigenvalue weighted by atomic mass is 9.94. The Hall–Kier alpha value is -3.57. The zero-order valence-corrected chi connectivity index (χ0v) is 25.0. The van der Waals surface area contributed by atoms with Crippen LogP contribution in [0.5, 0.6) is 0 Å². The quantitative estimate of drug-likeness (QED) is 0.319. The lowest BCUT2D eigenvalue weighted by Crippen LogP contribution is -2.63. The number of rotatable bonds is 8. The summed E-state index contributed by atoms with van der Waals surface area (Å²) in [4.78, 5) is 20.1. The minimum atomic E-state index is -0.808. The highest BCUT2D eigenvalue weighted by atomic mass is 28.2. The van der Waals surface area contributed by atoms with Gasteiger partial charge in [-0.15, -0.1) is 0 Å². The molecular weight excluding hydrogens is 500 g/mol. The van der Waals surface area contributed by atoms with E-state index in [1.165, 1.54) is 0 Å². The van der Waals surface area contributed by atoms with Crippen molar-refractivity contribution in [1.82, 2.24) is 10.2 Å². The number of benzene rings is 3. The average molecular weight is 539 g/mol. The third-order valence-corrected chi connectivity index (χ3v) is 8.61. The largest absolute Gasteiger partial charge is 0.416 e. The number of aliphatic imine (C=N–C) groups is 1. The van der Waals surface area contributed by atoms with Gasteiger partial charge in [0.15, 0.2) is 9.76 Å². The first kappa shape index (κ1) is 28.4. The Morgan fingerprint density at radius 2 is 1.64 bits per heavy atom. The molecule has 0 bridgehead atoms. The first-order valence-electron chi connectivity index (χ1n) is 13.4. The van der Waals surface area contributed by atoms with E-state index in [1.54, 1.807) is 6.07 Å². The fraction of sp³-hybridized carbons (Fsp3) is 0.344. The topological polar surface area (TPSA) is 77.7 Å². The maximum absolute atomic E-state index is 13.2. The number of hydrogen-bond acceptors (Lipinski definition) is 5. The molecule has 0 unspecified atom stereocenters. The molecule has 1 aliphatic heterocycles. The minimum absolute atomic E-state index is 0.0454. The molecule has 1 fully saturated rings. The van der Waals surface area contributed by atoms with Crippen LogP contribution in [0.15, 0.2) is 83.9 Å². The molecule has 0 aliphatic carbocycles. The fourth-order valence-corrected chi connectivity index (χ4v) is 5.68. The molecule has 7 heteroatoms. The number of nitrogens with one attached hydrogen (secondary N) is 1. The van der Waals surface area contributed by atoms with E-state index < -0.39 is 15.4 Å². The van der Waals surface area contributed by atoms with Gasteiger partial charge in [-0.3, -0.25) is 4.79 Å². The van der Waals surface area contributed by atoms with Crippen LogP contribution >= 0.6 is 0 Å². The maximum Gasteiger partial charge on any atom is 0.237 e. The number of carbonyl (C=O) groups excluding carboxylic acids is 1. The van der Waals surface area contributed by atoms with Gasteiger partial charge < -0.3 is 14.6 Å². The average Bonchev–Trinajstić information content (AvgIpc) is 2.92. The lowest BCUT2D eigenvalue weighted by molar-refractivity contribution is -0.141. The van der Waals surface area contributed by atoms with E-state index in [0.29, 0.717) is 30.9 Å². The number of piperazine rings is 1. The summed E-state index contributed by atoms with van der Waals surface area (Å²) in [6.45, 7) is 12.2. The number of hydrogen-bond donors (Lipinski definition) is 1. The predicted octanol–water partition coefficient (Wildman–Crippen LogP) is 5.13. The van der Waals surface area contributed by atoms with Crippen LogP contribution in [0.25, 0.3) is 0 Å². The number of amides is 1. The Bertz CT molecular complexity index is 1320. The van der Waals surface area contributed by atoms with Gasteiger partial charge in [-0.2, -0.15) is 5.26 Å². The predicted molar refractivity (Wildman–Crippen MR) is 160 cm³/mol. The van der Waals surface area contributed by atoms with Crippen LogP contribution < -0.4 is 5.32 Å². The molecule has 39 heavy (non-hydrogen) atoms. The minimum Gasteiger partial charge on any atom is -0.416 e. The van der Waals surface area contributed by atoms with Crippen LogP contribution in [0.4, 0.5) is 5.69 Å². The molecule has 1 amide bonds. The monoisotopic (exact) mass is 538 g/mol.